The fourth-order valence-electron chi connectivity index (χ4n) is 1.78. The molecule has 0 aliphatic heterocycles. The molecule has 3 heteroatoms. The lowest BCUT2D eigenvalue weighted by Gasteiger charge is -2.32. The van der Waals surface area contributed by atoms with Crippen LogP contribution in [0.5, 0.6) is 0 Å². The van der Waals surface area contributed by atoms with Gasteiger partial charge in [-0.1, -0.05) is 39.0 Å². The smallest absolute Gasteiger partial charge is 0.205 e. The van der Waals surface area contributed by atoms with Crippen molar-refractivity contribution in [3.05, 3.63) is 35.4 Å². The van der Waals surface area contributed by atoms with Crippen LogP contribution in [0.4, 0.5) is 0 Å². The van der Waals surface area contributed by atoms with Gasteiger partial charge in [0.2, 0.25) is 9.04 Å². The molecule has 1 aromatic rings. The minimum atomic E-state index is -0.770. The van der Waals surface area contributed by atoms with Crippen LogP contribution in [0.2, 0.25) is 13.1 Å². The predicted octanol–water partition coefficient (Wildman–Crippen LogP) is 3.85. The Bertz CT molecular complexity index is 380. The van der Waals surface area contributed by atoms with Crippen molar-refractivity contribution in [2.24, 2.45) is 5.41 Å². The molecule has 1 unspecified atom stereocenters. The second kappa shape index (κ2) is 5.60. The Morgan fingerprint density at radius 3 is 2.41 bits per heavy atom. The molecule has 0 saturated heterocycles. The van der Waals surface area contributed by atoms with Crippen molar-refractivity contribution < 1.29 is 9.22 Å². The summed E-state index contributed by atoms with van der Waals surface area (Å²) >= 11 is 0. The monoisotopic (exact) mass is 249 g/mol. The van der Waals surface area contributed by atoms with Crippen molar-refractivity contribution in [2.75, 3.05) is 0 Å². The van der Waals surface area contributed by atoms with Crippen molar-refractivity contribution >= 4 is 15.3 Å². The first-order valence-electron chi connectivity index (χ1n) is 5.86. The standard InChI is InChI=1S/C14H21O2Si/c1-14(2,3)13(16-17(4)5)12-8-6-7-11(9-12)10-15/h6-10,13H,1-5H3. The van der Waals surface area contributed by atoms with Gasteiger partial charge in [0.1, 0.15) is 6.29 Å². The number of hydrogen-bond donors (Lipinski definition) is 0. The van der Waals surface area contributed by atoms with Gasteiger partial charge in [-0.3, -0.25) is 4.79 Å². The second-order valence-corrected chi connectivity index (χ2v) is 7.61. The van der Waals surface area contributed by atoms with Gasteiger partial charge in [0.25, 0.3) is 0 Å². The molecule has 0 heterocycles. The first-order valence-corrected chi connectivity index (χ1v) is 8.27. The maximum atomic E-state index is 10.8. The predicted molar refractivity (Wildman–Crippen MR) is 72.6 cm³/mol. The Morgan fingerprint density at radius 2 is 1.94 bits per heavy atom. The van der Waals surface area contributed by atoms with Crippen LogP contribution in [-0.4, -0.2) is 15.3 Å². The third-order valence-electron chi connectivity index (χ3n) is 2.49. The van der Waals surface area contributed by atoms with Crippen LogP contribution in [0.15, 0.2) is 24.3 Å². The summed E-state index contributed by atoms with van der Waals surface area (Å²) < 4.78 is 6.09. The zero-order valence-electron chi connectivity index (χ0n) is 11.3. The van der Waals surface area contributed by atoms with Crippen LogP contribution in [-0.2, 0) is 4.43 Å². The average Bonchev–Trinajstić information content (AvgIpc) is 2.24. The number of rotatable bonds is 4. The van der Waals surface area contributed by atoms with Gasteiger partial charge >= 0.3 is 0 Å². The molecule has 1 rings (SSSR count). The zero-order chi connectivity index (χ0) is 13.1. The third-order valence-corrected chi connectivity index (χ3v) is 3.20. The maximum absolute atomic E-state index is 10.8. The first-order chi connectivity index (χ1) is 7.84. The normalized spacial score (nSPS) is 13.8. The lowest BCUT2D eigenvalue weighted by Crippen LogP contribution is -2.26. The van der Waals surface area contributed by atoms with Crippen molar-refractivity contribution in [1.82, 2.24) is 0 Å². The number of benzene rings is 1. The molecular weight excluding hydrogens is 228 g/mol. The molecule has 2 nitrogen and oxygen atoms in total. The molecule has 93 valence electrons. The van der Waals surface area contributed by atoms with Gasteiger partial charge in [-0.15, -0.1) is 0 Å². The molecule has 0 aliphatic carbocycles. The Labute approximate surface area is 106 Å². The molecule has 0 saturated carbocycles. The van der Waals surface area contributed by atoms with E-state index in [1.165, 1.54) is 0 Å². The molecule has 0 bridgehead atoms. The van der Waals surface area contributed by atoms with Crippen LogP contribution in [0.1, 0.15) is 42.8 Å². The minimum absolute atomic E-state index is 0.0312. The number of hydrogen-bond acceptors (Lipinski definition) is 2. The lowest BCUT2D eigenvalue weighted by atomic mass is 9.84. The van der Waals surface area contributed by atoms with Crippen LogP contribution in [0.25, 0.3) is 0 Å². The molecule has 0 spiro atoms. The Balaban J connectivity index is 3.08. The topological polar surface area (TPSA) is 26.3 Å². The molecule has 1 radical (unpaired) electrons. The number of carbonyl (C=O) groups excluding carboxylic acids is 1. The number of carbonyl (C=O) groups is 1. The lowest BCUT2D eigenvalue weighted by molar-refractivity contribution is 0.0865. The largest absolute Gasteiger partial charge is 0.410 e. The fourth-order valence-corrected chi connectivity index (χ4v) is 2.74. The highest BCUT2D eigenvalue weighted by atomic mass is 28.3. The summed E-state index contributed by atoms with van der Waals surface area (Å²) in [4.78, 5) is 10.8. The summed E-state index contributed by atoms with van der Waals surface area (Å²) in [5.41, 5.74) is 1.83. The van der Waals surface area contributed by atoms with Gasteiger partial charge in [0.05, 0.1) is 6.10 Å². The van der Waals surface area contributed by atoms with Gasteiger partial charge in [0.15, 0.2) is 0 Å². The van der Waals surface area contributed by atoms with E-state index in [1.54, 1.807) is 0 Å². The van der Waals surface area contributed by atoms with Crippen molar-refractivity contribution in [2.45, 2.75) is 40.0 Å². The Hall–Kier alpha value is -0.933. The second-order valence-electron chi connectivity index (χ2n) is 5.56. The van der Waals surface area contributed by atoms with Crippen LogP contribution in [0, 0.1) is 5.41 Å². The van der Waals surface area contributed by atoms with E-state index in [-0.39, 0.29) is 11.5 Å². The van der Waals surface area contributed by atoms with E-state index in [2.05, 4.69) is 33.9 Å². The Kier molecular flexibility index (Phi) is 4.66. The minimum Gasteiger partial charge on any atom is -0.410 e. The molecular formula is C14H21O2Si. The SMILES string of the molecule is C[Si](C)OC(c1cccc(C=O)c1)C(C)(C)C. The molecule has 17 heavy (non-hydrogen) atoms. The fraction of sp³-hybridized carbons (Fsp3) is 0.500. The summed E-state index contributed by atoms with van der Waals surface area (Å²) in [6.07, 6.45) is 0.929. The summed E-state index contributed by atoms with van der Waals surface area (Å²) in [7, 11) is -0.770. The van der Waals surface area contributed by atoms with E-state index in [9.17, 15) is 4.79 Å². The molecule has 0 aromatic heterocycles. The van der Waals surface area contributed by atoms with Gasteiger partial charge < -0.3 is 4.43 Å². The number of aldehydes is 1. The van der Waals surface area contributed by atoms with Gasteiger partial charge in [-0.25, -0.2) is 0 Å². The molecule has 0 N–H and O–H groups in total. The van der Waals surface area contributed by atoms with Gasteiger partial charge in [-0.2, -0.15) is 0 Å². The maximum Gasteiger partial charge on any atom is 0.205 e. The molecule has 1 aromatic carbocycles. The average molecular weight is 249 g/mol. The van der Waals surface area contributed by atoms with E-state index in [4.69, 9.17) is 4.43 Å². The summed E-state index contributed by atoms with van der Waals surface area (Å²) in [5, 5.41) is 0. The van der Waals surface area contributed by atoms with E-state index in [1.807, 2.05) is 24.3 Å². The zero-order valence-corrected chi connectivity index (χ0v) is 12.3. The highest BCUT2D eigenvalue weighted by Gasteiger charge is 2.28. The van der Waals surface area contributed by atoms with E-state index < -0.39 is 9.04 Å². The summed E-state index contributed by atoms with van der Waals surface area (Å²) in [6.45, 7) is 10.8. The van der Waals surface area contributed by atoms with E-state index in [0.29, 0.717) is 5.56 Å². The van der Waals surface area contributed by atoms with E-state index in [0.717, 1.165) is 11.8 Å². The van der Waals surface area contributed by atoms with Crippen LogP contribution >= 0.6 is 0 Å². The van der Waals surface area contributed by atoms with Crippen LogP contribution in [0.3, 0.4) is 0 Å². The van der Waals surface area contributed by atoms with Crippen molar-refractivity contribution in [1.29, 1.82) is 0 Å². The third kappa shape index (κ3) is 4.09. The van der Waals surface area contributed by atoms with E-state index >= 15 is 0 Å². The van der Waals surface area contributed by atoms with Gasteiger partial charge in [-0.05, 0) is 30.1 Å². The van der Waals surface area contributed by atoms with Crippen molar-refractivity contribution in [3.63, 3.8) is 0 Å². The summed E-state index contributed by atoms with van der Waals surface area (Å²) in [5.74, 6) is 0. The van der Waals surface area contributed by atoms with Crippen LogP contribution < -0.4 is 0 Å². The molecule has 0 fully saturated rings. The Morgan fingerprint density at radius 1 is 1.29 bits per heavy atom. The molecule has 1 atom stereocenters. The first kappa shape index (κ1) is 14.1. The van der Waals surface area contributed by atoms with Crippen molar-refractivity contribution in [3.8, 4) is 0 Å². The quantitative estimate of drug-likeness (QED) is 0.598. The highest BCUT2D eigenvalue weighted by Crippen LogP contribution is 2.36. The highest BCUT2D eigenvalue weighted by molar-refractivity contribution is 6.48. The molecule has 0 amide bonds. The summed E-state index contributed by atoms with van der Waals surface area (Å²) in [6, 6.07) is 7.69. The van der Waals surface area contributed by atoms with Gasteiger partial charge in [0, 0.05) is 5.56 Å². The molecule has 0 aliphatic rings.